The second-order valence-electron chi connectivity index (χ2n) is 4.45. The zero-order valence-corrected chi connectivity index (χ0v) is 12.5. The van der Waals surface area contributed by atoms with Gasteiger partial charge in [-0.15, -0.1) is 0 Å². The van der Waals surface area contributed by atoms with Crippen molar-refractivity contribution >= 4 is 32.7 Å². The molecule has 0 aliphatic rings. The number of nitrogens with zero attached hydrogens (tertiary/aromatic N) is 1. The van der Waals surface area contributed by atoms with E-state index in [4.69, 9.17) is 10.5 Å². The third-order valence-electron chi connectivity index (χ3n) is 2.98. The number of para-hydroxylation sites is 1. The highest BCUT2D eigenvalue weighted by Gasteiger charge is 2.13. The predicted octanol–water partition coefficient (Wildman–Crippen LogP) is 3.89. The molecule has 0 fully saturated rings. The number of carbonyl (C=O) groups excluding carboxylic acids is 1. The third-order valence-corrected chi connectivity index (χ3v) is 3.51. The number of fused-ring (bicyclic) bond motifs is 1. The van der Waals surface area contributed by atoms with Gasteiger partial charge in [0.05, 0.1) is 5.52 Å². The van der Waals surface area contributed by atoms with Crippen LogP contribution in [0.4, 0.5) is 0 Å². The lowest BCUT2D eigenvalue weighted by Gasteiger charge is -2.09. The number of ether oxygens (including phenoxy) is 1. The molecule has 4 nitrogen and oxygen atoms in total. The summed E-state index contributed by atoms with van der Waals surface area (Å²) < 4.78 is 6.64. The van der Waals surface area contributed by atoms with E-state index in [1.165, 1.54) is 0 Å². The SMILES string of the molecule is NC(=O)c1cc2ccccc2nc1Oc1ccc(Br)cc1. The van der Waals surface area contributed by atoms with Crippen LogP contribution in [0.1, 0.15) is 10.4 Å². The van der Waals surface area contributed by atoms with Crippen molar-refractivity contribution in [1.29, 1.82) is 0 Å². The molecule has 0 radical (unpaired) electrons. The number of pyridine rings is 1. The summed E-state index contributed by atoms with van der Waals surface area (Å²) in [5, 5.41) is 0.842. The summed E-state index contributed by atoms with van der Waals surface area (Å²) in [5.41, 5.74) is 6.42. The summed E-state index contributed by atoms with van der Waals surface area (Å²) >= 11 is 3.36. The van der Waals surface area contributed by atoms with Gasteiger partial charge in [0.15, 0.2) is 0 Å². The zero-order chi connectivity index (χ0) is 14.8. The first-order valence-corrected chi connectivity index (χ1v) is 7.06. The summed E-state index contributed by atoms with van der Waals surface area (Å²) in [5.74, 6) is 0.229. The Bertz CT molecular complexity index is 816. The molecule has 1 amide bonds. The molecule has 0 saturated carbocycles. The number of halogens is 1. The van der Waals surface area contributed by atoms with E-state index >= 15 is 0 Å². The lowest BCUT2D eigenvalue weighted by molar-refractivity contribution is 0.0997. The van der Waals surface area contributed by atoms with Crippen molar-refractivity contribution in [3.05, 3.63) is 64.6 Å². The van der Waals surface area contributed by atoms with Crippen LogP contribution in [0.3, 0.4) is 0 Å². The quantitative estimate of drug-likeness (QED) is 0.785. The van der Waals surface area contributed by atoms with E-state index in [0.29, 0.717) is 5.75 Å². The highest BCUT2D eigenvalue weighted by Crippen LogP contribution is 2.27. The number of nitrogens with two attached hydrogens (primary N) is 1. The van der Waals surface area contributed by atoms with Gasteiger partial charge in [-0.05, 0) is 36.4 Å². The summed E-state index contributed by atoms with van der Waals surface area (Å²) in [7, 11) is 0. The maximum Gasteiger partial charge on any atom is 0.254 e. The molecule has 5 heteroatoms. The molecular weight excluding hydrogens is 332 g/mol. The fraction of sp³-hybridized carbons (Fsp3) is 0. The van der Waals surface area contributed by atoms with Crippen LogP contribution < -0.4 is 10.5 Å². The second kappa shape index (κ2) is 5.54. The van der Waals surface area contributed by atoms with E-state index in [-0.39, 0.29) is 11.4 Å². The summed E-state index contributed by atoms with van der Waals surface area (Å²) in [6.07, 6.45) is 0. The lowest BCUT2D eigenvalue weighted by atomic mass is 10.1. The number of primary amides is 1. The number of rotatable bonds is 3. The maximum atomic E-state index is 11.6. The number of benzene rings is 2. The molecule has 3 rings (SSSR count). The van der Waals surface area contributed by atoms with Gasteiger partial charge >= 0.3 is 0 Å². The molecule has 3 aromatic rings. The van der Waals surface area contributed by atoms with Gasteiger partial charge < -0.3 is 10.5 Å². The van der Waals surface area contributed by atoms with Crippen molar-refractivity contribution in [2.45, 2.75) is 0 Å². The molecule has 2 aromatic carbocycles. The molecule has 0 spiro atoms. The fourth-order valence-corrected chi connectivity index (χ4v) is 2.23. The number of carbonyl (C=O) groups is 1. The lowest BCUT2D eigenvalue weighted by Crippen LogP contribution is -2.13. The molecule has 0 aliphatic heterocycles. The zero-order valence-electron chi connectivity index (χ0n) is 10.9. The van der Waals surface area contributed by atoms with Crippen LogP contribution in [0.2, 0.25) is 0 Å². The first kappa shape index (κ1) is 13.6. The van der Waals surface area contributed by atoms with Crippen molar-refractivity contribution in [1.82, 2.24) is 4.98 Å². The Hall–Kier alpha value is -2.40. The van der Waals surface area contributed by atoms with Gasteiger partial charge in [0, 0.05) is 9.86 Å². The van der Waals surface area contributed by atoms with Crippen molar-refractivity contribution in [3.63, 3.8) is 0 Å². The van der Waals surface area contributed by atoms with Gasteiger partial charge in [-0.25, -0.2) is 4.98 Å². The molecular formula is C16H11BrN2O2. The average molecular weight is 343 g/mol. The number of hydrogen-bond donors (Lipinski definition) is 1. The molecule has 21 heavy (non-hydrogen) atoms. The Morgan fingerprint density at radius 1 is 1.10 bits per heavy atom. The molecule has 0 atom stereocenters. The normalized spacial score (nSPS) is 10.5. The second-order valence-corrected chi connectivity index (χ2v) is 5.37. The van der Waals surface area contributed by atoms with Crippen LogP contribution in [0.25, 0.3) is 10.9 Å². The van der Waals surface area contributed by atoms with Crippen molar-refractivity contribution < 1.29 is 9.53 Å². The van der Waals surface area contributed by atoms with Crippen LogP contribution in [-0.2, 0) is 0 Å². The van der Waals surface area contributed by atoms with E-state index < -0.39 is 5.91 Å². The number of amides is 1. The Balaban J connectivity index is 2.09. The molecule has 1 heterocycles. The van der Waals surface area contributed by atoms with Crippen LogP contribution in [0.5, 0.6) is 11.6 Å². The molecule has 0 unspecified atom stereocenters. The minimum absolute atomic E-state index is 0.212. The van der Waals surface area contributed by atoms with E-state index in [9.17, 15) is 4.79 Å². The van der Waals surface area contributed by atoms with Gasteiger partial charge in [0.1, 0.15) is 11.3 Å². The van der Waals surface area contributed by atoms with E-state index in [1.54, 1.807) is 18.2 Å². The van der Waals surface area contributed by atoms with Gasteiger partial charge in [-0.3, -0.25) is 4.79 Å². The molecule has 0 aliphatic carbocycles. The average Bonchev–Trinajstić information content (AvgIpc) is 2.48. The van der Waals surface area contributed by atoms with Crippen LogP contribution in [-0.4, -0.2) is 10.9 Å². The van der Waals surface area contributed by atoms with Crippen molar-refractivity contribution in [2.75, 3.05) is 0 Å². The molecule has 0 bridgehead atoms. The Kier molecular flexibility index (Phi) is 3.58. The highest BCUT2D eigenvalue weighted by molar-refractivity contribution is 9.10. The Morgan fingerprint density at radius 3 is 2.52 bits per heavy atom. The smallest absolute Gasteiger partial charge is 0.254 e. The molecule has 1 aromatic heterocycles. The number of aromatic nitrogens is 1. The van der Waals surface area contributed by atoms with E-state index in [0.717, 1.165) is 15.4 Å². The van der Waals surface area contributed by atoms with Crippen LogP contribution in [0.15, 0.2) is 59.1 Å². The van der Waals surface area contributed by atoms with Crippen LogP contribution in [0, 0.1) is 0 Å². The highest BCUT2D eigenvalue weighted by atomic mass is 79.9. The first-order chi connectivity index (χ1) is 10.1. The molecule has 2 N–H and O–H groups in total. The Labute approximate surface area is 129 Å². The summed E-state index contributed by atoms with van der Waals surface area (Å²) in [4.78, 5) is 16.0. The largest absolute Gasteiger partial charge is 0.438 e. The minimum Gasteiger partial charge on any atom is -0.438 e. The standard InChI is InChI=1S/C16H11BrN2O2/c17-11-5-7-12(8-6-11)21-16-13(15(18)20)9-10-3-1-2-4-14(10)19-16/h1-9H,(H2,18,20). The molecule has 0 saturated heterocycles. The topological polar surface area (TPSA) is 65.2 Å². The van der Waals surface area contributed by atoms with Crippen LogP contribution >= 0.6 is 15.9 Å². The third kappa shape index (κ3) is 2.87. The summed E-state index contributed by atoms with van der Waals surface area (Å²) in [6, 6.07) is 16.4. The molecule has 104 valence electrons. The van der Waals surface area contributed by atoms with E-state index in [1.807, 2.05) is 36.4 Å². The number of hydrogen-bond acceptors (Lipinski definition) is 3. The monoisotopic (exact) mass is 342 g/mol. The maximum absolute atomic E-state index is 11.6. The van der Waals surface area contributed by atoms with Gasteiger partial charge in [-0.1, -0.05) is 34.1 Å². The fourth-order valence-electron chi connectivity index (χ4n) is 1.97. The van der Waals surface area contributed by atoms with Gasteiger partial charge in [0.25, 0.3) is 5.91 Å². The first-order valence-electron chi connectivity index (χ1n) is 6.26. The van der Waals surface area contributed by atoms with Crippen molar-refractivity contribution in [2.24, 2.45) is 5.73 Å². The van der Waals surface area contributed by atoms with Gasteiger partial charge in [0.2, 0.25) is 5.88 Å². The van der Waals surface area contributed by atoms with E-state index in [2.05, 4.69) is 20.9 Å². The Morgan fingerprint density at radius 2 is 1.81 bits per heavy atom. The van der Waals surface area contributed by atoms with Crippen molar-refractivity contribution in [3.8, 4) is 11.6 Å². The predicted molar refractivity (Wildman–Crippen MR) is 84.5 cm³/mol. The summed E-state index contributed by atoms with van der Waals surface area (Å²) in [6.45, 7) is 0. The minimum atomic E-state index is -0.569. The van der Waals surface area contributed by atoms with Gasteiger partial charge in [-0.2, -0.15) is 0 Å².